The predicted octanol–water partition coefficient (Wildman–Crippen LogP) is 2.11. The average molecular weight is 374 g/mol. The largest absolute Gasteiger partial charge is 0.349 e. The number of nitrogens with two attached hydrogens (primary N) is 1. The lowest BCUT2D eigenvalue weighted by Gasteiger charge is -2.28. The fraction of sp³-hybridized carbons (Fsp3) is 0.429. The Hall–Kier alpha value is -1.22. The molecule has 0 spiro atoms. The van der Waals surface area contributed by atoms with Gasteiger partial charge >= 0.3 is 0 Å². The van der Waals surface area contributed by atoms with Crippen LogP contribution in [0.1, 0.15) is 19.5 Å². The van der Waals surface area contributed by atoms with Gasteiger partial charge in [-0.15, -0.1) is 23.7 Å². The molecular weight excluding hydrogens is 354 g/mol. The van der Waals surface area contributed by atoms with Gasteiger partial charge < -0.3 is 11.1 Å². The van der Waals surface area contributed by atoms with Gasteiger partial charge in [0.2, 0.25) is 5.91 Å². The number of hydrogen-bond acceptors (Lipinski definition) is 7. The van der Waals surface area contributed by atoms with E-state index in [4.69, 9.17) is 5.73 Å². The normalized spacial score (nSPS) is 12.3. The number of thiazole rings is 1. The highest BCUT2D eigenvalue weighted by Gasteiger charge is 2.31. The third kappa shape index (κ3) is 5.13. The Bertz CT molecular complexity index is 635. The summed E-state index contributed by atoms with van der Waals surface area (Å²) in [5, 5.41) is 5.52. The molecule has 0 aliphatic carbocycles. The van der Waals surface area contributed by atoms with E-state index in [1.165, 1.54) is 11.3 Å². The highest BCUT2D eigenvalue weighted by Crippen LogP contribution is 2.24. The number of thioether (sulfide) groups is 1. The number of carbonyl (C=O) groups excluding carboxylic acids is 1. The summed E-state index contributed by atoms with van der Waals surface area (Å²) in [6.07, 6.45) is 6.85. The van der Waals surface area contributed by atoms with Crippen LogP contribution in [0.5, 0.6) is 0 Å². The number of nitrogens with one attached hydrogen (secondary N) is 1. The lowest BCUT2D eigenvalue weighted by Crippen LogP contribution is -2.51. The minimum absolute atomic E-state index is 0. The molecule has 2 heterocycles. The Morgan fingerprint density at radius 3 is 2.83 bits per heavy atom. The summed E-state index contributed by atoms with van der Waals surface area (Å²) in [6.45, 7) is 4.27. The SMILES string of the molecule is CSC(C)(C)[C@H](N)C(=O)NCc1csc(-c2cnccn2)n1.Cl. The highest BCUT2D eigenvalue weighted by molar-refractivity contribution is 8.00. The van der Waals surface area contributed by atoms with Crippen molar-refractivity contribution in [1.82, 2.24) is 20.3 Å². The molecule has 1 amide bonds. The number of rotatable bonds is 6. The van der Waals surface area contributed by atoms with Crippen LogP contribution in [0.4, 0.5) is 0 Å². The van der Waals surface area contributed by atoms with Crippen LogP contribution in [0.2, 0.25) is 0 Å². The van der Waals surface area contributed by atoms with Crippen LogP contribution in [0.15, 0.2) is 24.0 Å². The van der Waals surface area contributed by atoms with Gasteiger partial charge in [0.15, 0.2) is 0 Å². The molecule has 6 nitrogen and oxygen atoms in total. The molecule has 0 aliphatic rings. The van der Waals surface area contributed by atoms with Gasteiger partial charge in [0.05, 0.1) is 24.5 Å². The second-order valence-electron chi connectivity index (χ2n) is 5.24. The smallest absolute Gasteiger partial charge is 0.238 e. The Labute approximate surface area is 150 Å². The van der Waals surface area contributed by atoms with Crippen molar-refractivity contribution < 1.29 is 4.79 Å². The summed E-state index contributed by atoms with van der Waals surface area (Å²) in [4.78, 5) is 24.8. The van der Waals surface area contributed by atoms with E-state index < -0.39 is 6.04 Å². The molecule has 2 aromatic heterocycles. The van der Waals surface area contributed by atoms with Gasteiger partial charge in [-0.05, 0) is 20.1 Å². The van der Waals surface area contributed by atoms with E-state index in [1.807, 2.05) is 25.5 Å². The number of amides is 1. The lowest BCUT2D eigenvalue weighted by molar-refractivity contribution is -0.123. The summed E-state index contributed by atoms with van der Waals surface area (Å²) in [6, 6.07) is -0.569. The molecule has 23 heavy (non-hydrogen) atoms. The zero-order valence-electron chi connectivity index (χ0n) is 13.1. The third-order valence-electron chi connectivity index (χ3n) is 3.34. The summed E-state index contributed by atoms with van der Waals surface area (Å²) >= 11 is 3.04. The molecule has 126 valence electrons. The maximum Gasteiger partial charge on any atom is 0.238 e. The zero-order valence-corrected chi connectivity index (χ0v) is 15.6. The van der Waals surface area contributed by atoms with Crippen molar-refractivity contribution in [3.63, 3.8) is 0 Å². The number of halogens is 1. The molecule has 0 aliphatic heterocycles. The minimum atomic E-state index is -0.569. The monoisotopic (exact) mass is 373 g/mol. The van der Waals surface area contributed by atoms with Gasteiger partial charge in [-0.2, -0.15) is 11.8 Å². The van der Waals surface area contributed by atoms with Gasteiger partial charge in [0, 0.05) is 22.5 Å². The van der Waals surface area contributed by atoms with E-state index in [0.717, 1.165) is 16.4 Å². The maximum atomic E-state index is 12.1. The summed E-state index contributed by atoms with van der Waals surface area (Å²) in [5.41, 5.74) is 7.51. The first-order chi connectivity index (χ1) is 10.4. The Morgan fingerprint density at radius 1 is 1.48 bits per heavy atom. The first-order valence-electron chi connectivity index (χ1n) is 6.73. The quantitative estimate of drug-likeness (QED) is 0.805. The summed E-state index contributed by atoms with van der Waals surface area (Å²) < 4.78 is -0.309. The van der Waals surface area contributed by atoms with Crippen molar-refractivity contribution in [2.24, 2.45) is 5.73 Å². The molecule has 0 saturated carbocycles. The Kier molecular flexibility index (Phi) is 7.40. The minimum Gasteiger partial charge on any atom is -0.349 e. The second kappa shape index (κ2) is 8.58. The van der Waals surface area contributed by atoms with Gasteiger partial charge in [0.25, 0.3) is 0 Å². The predicted molar refractivity (Wildman–Crippen MR) is 97.8 cm³/mol. The van der Waals surface area contributed by atoms with Crippen molar-refractivity contribution in [1.29, 1.82) is 0 Å². The highest BCUT2D eigenvalue weighted by atomic mass is 35.5. The standard InChI is InChI=1S/C14H19N5OS2.ClH/c1-14(2,21-3)11(15)12(20)18-6-9-8-22-13(19-9)10-7-16-4-5-17-10;/h4-5,7-8,11H,6,15H2,1-3H3,(H,18,20);1H/t11-;/m1./s1. The molecular formula is C14H20ClN5OS2. The van der Waals surface area contributed by atoms with Crippen LogP contribution >= 0.6 is 35.5 Å². The molecule has 2 aromatic rings. The van der Waals surface area contributed by atoms with E-state index in [0.29, 0.717) is 6.54 Å². The van der Waals surface area contributed by atoms with Gasteiger partial charge in [-0.3, -0.25) is 14.8 Å². The molecule has 0 radical (unpaired) electrons. The number of hydrogen-bond donors (Lipinski definition) is 2. The fourth-order valence-electron chi connectivity index (χ4n) is 1.65. The van der Waals surface area contributed by atoms with Crippen LogP contribution in [0.3, 0.4) is 0 Å². The summed E-state index contributed by atoms with van der Waals surface area (Å²) in [7, 11) is 0. The van der Waals surface area contributed by atoms with Crippen LogP contribution in [-0.2, 0) is 11.3 Å². The molecule has 0 bridgehead atoms. The molecule has 1 atom stereocenters. The van der Waals surface area contributed by atoms with Crippen molar-refractivity contribution in [2.45, 2.75) is 31.2 Å². The van der Waals surface area contributed by atoms with Crippen LogP contribution in [0, 0.1) is 0 Å². The van der Waals surface area contributed by atoms with Crippen LogP contribution < -0.4 is 11.1 Å². The Morgan fingerprint density at radius 2 is 2.22 bits per heavy atom. The topological polar surface area (TPSA) is 93.8 Å². The molecule has 2 rings (SSSR count). The maximum absolute atomic E-state index is 12.1. The van der Waals surface area contributed by atoms with E-state index in [2.05, 4.69) is 20.3 Å². The molecule has 0 fully saturated rings. The van der Waals surface area contributed by atoms with E-state index in [1.54, 1.807) is 30.4 Å². The zero-order chi connectivity index (χ0) is 16.2. The van der Waals surface area contributed by atoms with Crippen molar-refractivity contribution in [2.75, 3.05) is 6.26 Å². The van der Waals surface area contributed by atoms with Gasteiger partial charge in [0.1, 0.15) is 10.7 Å². The summed E-state index contributed by atoms with van der Waals surface area (Å²) in [5.74, 6) is -0.173. The van der Waals surface area contributed by atoms with Crippen LogP contribution in [-0.4, -0.2) is 37.9 Å². The third-order valence-corrected chi connectivity index (χ3v) is 5.56. The second-order valence-corrected chi connectivity index (χ2v) is 7.56. The number of nitrogens with zero attached hydrogens (tertiary/aromatic N) is 3. The lowest BCUT2D eigenvalue weighted by atomic mass is 10.0. The number of carbonyl (C=O) groups is 1. The van der Waals surface area contributed by atoms with Gasteiger partial charge in [-0.1, -0.05) is 0 Å². The molecule has 0 unspecified atom stereocenters. The van der Waals surface area contributed by atoms with Crippen LogP contribution in [0.25, 0.3) is 10.7 Å². The van der Waals surface area contributed by atoms with Crippen molar-refractivity contribution >= 4 is 41.4 Å². The average Bonchev–Trinajstić information content (AvgIpc) is 3.01. The number of aromatic nitrogens is 3. The van der Waals surface area contributed by atoms with Gasteiger partial charge in [-0.25, -0.2) is 4.98 Å². The molecule has 3 N–H and O–H groups in total. The van der Waals surface area contributed by atoms with Crippen molar-refractivity contribution in [3.05, 3.63) is 29.7 Å². The Balaban J connectivity index is 0.00000264. The molecule has 9 heteroatoms. The van der Waals surface area contributed by atoms with E-state index in [9.17, 15) is 4.79 Å². The van der Waals surface area contributed by atoms with Crippen molar-refractivity contribution in [3.8, 4) is 10.7 Å². The first-order valence-corrected chi connectivity index (χ1v) is 8.83. The fourth-order valence-corrected chi connectivity index (χ4v) is 2.79. The first kappa shape index (κ1) is 19.8. The molecule has 0 aromatic carbocycles. The van der Waals surface area contributed by atoms with E-state index in [-0.39, 0.29) is 23.1 Å². The van der Waals surface area contributed by atoms with E-state index >= 15 is 0 Å². The molecule has 0 saturated heterocycles.